The molecule has 32 heavy (non-hydrogen) atoms. The zero-order valence-electron chi connectivity index (χ0n) is 18.7. The standard InChI is InChI=1S/C22H29N7O2S/c1-4-15-6-5-7-16-19(15)27-20(23)29(16)21-25-17(22(8-9-22)32(3,24)30)12-18(26-21)28-10-11-31-13-14(28)2/h5-7,12,14,24H,4,8-11,13H2,1-3H3,(H2,23,27)/t14-,32-/m1/s1. The van der Waals surface area contributed by atoms with Crippen LogP contribution in [0.3, 0.4) is 0 Å². The van der Waals surface area contributed by atoms with Gasteiger partial charge < -0.3 is 15.4 Å². The van der Waals surface area contributed by atoms with Crippen molar-refractivity contribution in [2.45, 2.75) is 43.9 Å². The highest BCUT2D eigenvalue weighted by atomic mass is 32.2. The van der Waals surface area contributed by atoms with Gasteiger partial charge >= 0.3 is 0 Å². The number of nitrogens with two attached hydrogens (primary N) is 1. The number of aromatic nitrogens is 4. The van der Waals surface area contributed by atoms with Gasteiger partial charge in [-0.2, -0.15) is 4.98 Å². The number of nitrogen functional groups attached to an aromatic ring is 1. The van der Waals surface area contributed by atoms with E-state index in [9.17, 15) is 4.21 Å². The summed E-state index contributed by atoms with van der Waals surface area (Å²) in [6, 6.07) is 8.04. The van der Waals surface area contributed by atoms with Gasteiger partial charge in [0, 0.05) is 18.9 Å². The third-order valence-corrected chi connectivity index (χ3v) is 8.76. The number of morpholine rings is 1. The average Bonchev–Trinajstić information content (AvgIpc) is 3.51. The number of aryl methyl sites for hydroxylation is 1. The Morgan fingerprint density at radius 2 is 2.09 bits per heavy atom. The summed E-state index contributed by atoms with van der Waals surface area (Å²) in [6.07, 6.45) is 3.71. The first-order chi connectivity index (χ1) is 15.2. The van der Waals surface area contributed by atoms with Crippen LogP contribution >= 0.6 is 0 Å². The molecule has 10 heteroatoms. The summed E-state index contributed by atoms with van der Waals surface area (Å²) in [5.74, 6) is 1.45. The first-order valence-electron chi connectivity index (χ1n) is 11.0. The van der Waals surface area contributed by atoms with Crippen molar-refractivity contribution in [2.24, 2.45) is 0 Å². The monoisotopic (exact) mass is 455 g/mol. The van der Waals surface area contributed by atoms with Crippen LogP contribution in [-0.4, -0.2) is 55.8 Å². The van der Waals surface area contributed by atoms with Crippen LogP contribution in [0.1, 0.15) is 37.9 Å². The molecule has 0 unspecified atom stereocenters. The lowest BCUT2D eigenvalue weighted by atomic mass is 10.1. The first-order valence-corrected chi connectivity index (χ1v) is 13.0. The van der Waals surface area contributed by atoms with E-state index in [4.69, 9.17) is 25.2 Å². The molecule has 2 atom stereocenters. The Balaban J connectivity index is 1.75. The normalized spacial score (nSPS) is 22.1. The summed E-state index contributed by atoms with van der Waals surface area (Å²) in [7, 11) is -2.84. The van der Waals surface area contributed by atoms with Crippen molar-refractivity contribution in [3.63, 3.8) is 0 Å². The van der Waals surface area contributed by atoms with E-state index in [1.165, 1.54) is 6.26 Å². The molecule has 9 nitrogen and oxygen atoms in total. The summed E-state index contributed by atoms with van der Waals surface area (Å²) >= 11 is 0. The van der Waals surface area contributed by atoms with Crippen molar-refractivity contribution < 1.29 is 8.95 Å². The Kier molecular flexibility index (Phi) is 4.90. The van der Waals surface area contributed by atoms with Crippen molar-refractivity contribution in [1.29, 1.82) is 4.78 Å². The van der Waals surface area contributed by atoms with Gasteiger partial charge in [-0.05, 0) is 37.8 Å². The number of hydrogen-bond donors (Lipinski definition) is 2. The molecule has 5 rings (SSSR count). The Labute approximate surface area is 188 Å². The largest absolute Gasteiger partial charge is 0.377 e. The van der Waals surface area contributed by atoms with Crippen LogP contribution in [0, 0.1) is 4.78 Å². The van der Waals surface area contributed by atoms with Crippen LogP contribution in [0.15, 0.2) is 24.3 Å². The highest BCUT2D eigenvalue weighted by molar-refractivity contribution is 7.92. The van der Waals surface area contributed by atoms with Crippen LogP contribution in [0.25, 0.3) is 17.0 Å². The molecular weight excluding hydrogens is 426 g/mol. The Morgan fingerprint density at radius 1 is 1.31 bits per heavy atom. The number of hydrogen-bond acceptors (Lipinski definition) is 8. The highest BCUT2D eigenvalue weighted by Gasteiger charge is 2.53. The SMILES string of the molecule is CCc1cccc2c1nc(N)n2-c1nc(N2CCOC[C@H]2C)cc(C2([S@](C)(=N)=O)CC2)n1. The molecule has 0 spiro atoms. The van der Waals surface area contributed by atoms with Crippen LogP contribution in [-0.2, 0) is 25.6 Å². The van der Waals surface area contributed by atoms with Crippen LogP contribution < -0.4 is 10.6 Å². The van der Waals surface area contributed by atoms with Gasteiger partial charge in [0.2, 0.25) is 11.9 Å². The second-order valence-corrected chi connectivity index (χ2v) is 11.3. The summed E-state index contributed by atoms with van der Waals surface area (Å²) in [4.78, 5) is 16.5. The van der Waals surface area contributed by atoms with Gasteiger partial charge in [0.05, 0.1) is 50.5 Å². The number of para-hydroxylation sites is 1. The molecule has 2 fully saturated rings. The van der Waals surface area contributed by atoms with Crippen LogP contribution in [0.2, 0.25) is 0 Å². The predicted molar refractivity (Wildman–Crippen MR) is 126 cm³/mol. The van der Waals surface area contributed by atoms with Crippen molar-refractivity contribution in [3.8, 4) is 5.95 Å². The lowest BCUT2D eigenvalue weighted by Gasteiger charge is -2.34. The molecule has 3 heterocycles. The fourth-order valence-electron chi connectivity index (χ4n) is 4.60. The van der Waals surface area contributed by atoms with Crippen LogP contribution in [0.4, 0.5) is 11.8 Å². The average molecular weight is 456 g/mol. The van der Waals surface area contributed by atoms with Crippen molar-refractivity contribution in [1.82, 2.24) is 19.5 Å². The number of anilines is 2. The smallest absolute Gasteiger partial charge is 0.239 e. The number of ether oxygens (including phenoxy) is 1. The lowest BCUT2D eigenvalue weighted by Crippen LogP contribution is -2.44. The number of rotatable bonds is 5. The topological polar surface area (TPSA) is 123 Å². The van der Waals surface area contributed by atoms with Gasteiger partial charge in [0.1, 0.15) is 5.82 Å². The molecule has 1 saturated carbocycles. The summed E-state index contributed by atoms with van der Waals surface area (Å²) in [5, 5.41) is 0. The molecule has 1 saturated heterocycles. The molecule has 3 N–H and O–H groups in total. The molecule has 3 aromatic rings. The summed E-state index contributed by atoms with van der Waals surface area (Å²) in [5.41, 5.74) is 9.80. The van der Waals surface area contributed by atoms with Gasteiger partial charge in [0.15, 0.2) is 0 Å². The maximum Gasteiger partial charge on any atom is 0.239 e. The van der Waals surface area contributed by atoms with E-state index >= 15 is 0 Å². The molecule has 1 aliphatic carbocycles. The van der Waals surface area contributed by atoms with Gasteiger partial charge in [-0.15, -0.1) is 0 Å². The van der Waals surface area contributed by atoms with E-state index in [0.29, 0.717) is 50.2 Å². The minimum atomic E-state index is -2.84. The van der Waals surface area contributed by atoms with E-state index in [2.05, 4.69) is 23.7 Å². The highest BCUT2D eigenvalue weighted by Crippen LogP contribution is 2.52. The van der Waals surface area contributed by atoms with E-state index in [1.807, 2.05) is 24.3 Å². The quantitative estimate of drug-likeness (QED) is 0.606. The van der Waals surface area contributed by atoms with Gasteiger partial charge in [-0.25, -0.2) is 18.7 Å². The second-order valence-electron chi connectivity index (χ2n) is 8.81. The fourth-order valence-corrected chi connectivity index (χ4v) is 5.98. The molecule has 2 aromatic heterocycles. The van der Waals surface area contributed by atoms with E-state index < -0.39 is 14.5 Å². The molecule has 2 aliphatic rings. The lowest BCUT2D eigenvalue weighted by molar-refractivity contribution is 0.0985. The number of benzene rings is 1. The molecule has 1 aliphatic heterocycles. The van der Waals surface area contributed by atoms with E-state index in [0.717, 1.165) is 28.8 Å². The third kappa shape index (κ3) is 3.24. The molecule has 170 valence electrons. The molecule has 0 amide bonds. The van der Waals surface area contributed by atoms with Crippen molar-refractivity contribution in [2.75, 3.05) is 36.6 Å². The number of imidazole rings is 1. The summed E-state index contributed by atoms with van der Waals surface area (Å²) < 4.78 is 27.9. The zero-order valence-corrected chi connectivity index (χ0v) is 19.5. The first kappa shape index (κ1) is 21.1. The van der Waals surface area contributed by atoms with Gasteiger partial charge in [-0.3, -0.25) is 4.78 Å². The predicted octanol–water partition coefficient (Wildman–Crippen LogP) is 2.85. The Morgan fingerprint density at radius 3 is 2.75 bits per heavy atom. The third-order valence-electron chi connectivity index (χ3n) is 6.65. The number of nitrogens with one attached hydrogen (secondary N) is 1. The van der Waals surface area contributed by atoms with Gasteiger partial charge in [0.25, 0.3) is 0 Å². The van der Waals surface area contributed by atoms with Crippen LogP contribution in [0.5, 0.6) is 0 Å². The number of nitrogens with zero attached hydrogens (tertiary/aromatic N) is 5. The van der Waals surface area contributed by atoms with Crippen molar-refractivity contribution in [3.05, 3.63) is 35.5 Å². The minimum Gasteiger partial charge on any atom is -0.377 e. The Hall–Kier alpha value is -2.72. The second kappa shape index (κ2) is 7.41. The van der Waals surface area contributed by atoms with E-state index in [1.54, 1.807) is 4.57 Å². The van der Waals surface area contributed by atoms with Gasteiger partial charge in [-0.1, -0.05) is 19.1 Å². The maximum atomic E-state index is 12.9. The van der Waals surface area contributed by atoms with E-state index in [-0.39, 0.29) is 6.04 Å². The minimum absolute atomic E-state index is 0.139. The summed E-state index contributed by atoms with van der Waals surface area (Å²) in [6.45, 7) is 6.10. The Bertz CT molecular complexity index is 1300. The molecule has 0 bridgehead atoms. The fraction of sp³-hybridized carbons (Fsp3) is 0.500. The molecular formula is C22H29N7O2S. The zero-order chi connectivity index (χ0) is 22.7. The van der Waals surface area contributed by atoms with Crippen molar-refractivity contribution >= 4 is 32.5 Å². The number of fused-ring (bicyclic) bond motifs is 1. The molecule has 0 radical (unpaired) electrons. The maximum absolute atomic E-state index is 12.9. The molecule has 1 aromatic carbocycles.